The molecule has 0 aromatic rings. The summed E-state index contributed by atoms with van der Waals surface area (Å²) >= 11 is 6.20. The van der Waals surface area contributed by atoms with Gasteiger partial charge in [0.15, 0.2) is 0 Å². The summed E-state index contributed by atoms with van der Waals surface area (Å²) in [5.74, 6) is 0.809. The van der Waals surface area contributed by atoms with E-state index in [2.05, 4.69) is 19.2 Å². The van der Waals surface area contributed by atoms with Crippen molar-refractivity contribution < 1.29 is 4.74 Å². The lowest BCUT2D eigenvalue weighted by atomic mass is 9.66. The minimum Gasteiger partial charge on any atom is -0.381 e. The Morgan fingerprint density at radius 2 is 2.00 bits per heavy atom. The molecular weight excluding hydrogens is 210 g/mol. The average Bonchev–Trinajstić information content (AvgIpc) is 2.25. The molecule has 2 unspecified atom stereocenters. The number of rotatable bonds is 3. The number of hydrogen-bond acceptors (Lipinski definition) is 2. The van der Waals surface area contributed by atoms with E-state index in [1.807, 2.05) is 0 Å². The highest BCUT2D eigenvalue weighted by Gasteiger charge is 2.46. The Labute approximate surface area is 97.7 Å². The number of alkyl halides is 1. The molecular formula is C12H22ClNO. The molecule has 1 N–H and O–H groups in total. The van der Waals surface area contributed by atoms with Gasteiger partial charge in [0.1, 0.15) is 0 Å². The zero-order valence-electron chi connectivity index (χ0n) is 9.76. The largest absolute Gasteiger partial charge is 0.381 e. The van der Waals surface area contributed by atoms with Crippen LogP contribution in [0.2, 0.25) is 0 Å². The standard InChI is InChI=1S/C12H22ClNO/c1-12(2)10(13)7-11(12)14-8-9-3-5-15-6-4-9/h9-11,14H,3-8H2,1-2H3. The van der Waals surface area contributed by atoms with Crippen LogP contribution in [0, 0.1) is 11.3 Å². The minimum absolute atomic E-state index is 0.271. The van der Waals surface area contributed by atoms with E-state index >= 15 is 0 Å². The molecule has 2 rings (SSSR count). The van der Waals surface area contributed by atoms with Crippen LogP contribution in [0.1, 0.15) is 33.1 Å². The first-order chi connectivity index (χ1) is 7.10. The van der Waals surface area contributed by atoms with Crippen molar-refractivity contribution in [3.05, 3.63) is 0 Å². The van der Waals surface area contributed by atoms with E-state index in [0.29, 0.717) is 11.4 Å². The highest BCUT2D eigenvalue weighted by molar-refractivity contribution is 6.21. The van der Waals surface area contributed by atoms with Crippen molar-refractivity contribution in [1.82, 2.24) is 5.32 Å². The van der Waals surface area contributed by atoms with E-state index in [9.17, 15) is 0 Å². The molecule has 0 aromatic carbocycles. The number of hydrogen-bond donors (Lipinski definition) is 1. The molecule has 2 aliphatic rings. The van der Waals surface area contributed by atoms with Crippen molar-refractivity contribution in [3.8, 4) is 0 Å². The third-order valence-corrected chi connectivity index (χ3v) is 4.88. The lowest BCUT2D eigenvalue weighted by molar-refractivity contribution is 0.0561. The topological polar surface area (TPSA) is 21.3 Å². The summed E-state index contributed by atoms with van der Waals surface area (Å²) in [5.41, 5.74) is 0.271. The van der Waals surface area contributed by atoms with Gasteiger partial charge in [0.05, 0.1) is 0 Å². The second-order valence-electron chi connectivity index (χ2n) is 5.54. The molecule has 1 saturated heterocycles. The second-order valence-corrected chi connectivity index (χ2v) is 6.07. The predicted octanol–water partition coefficient (Wildman–Crippen LogP) is 2.41. The SMILES string of the molecule is CC1(C)C(Cl)CC1NCC1CCOCC1. The molecule has 1 aliphatic carbocycles. The maximum absolute atomic E-state index is 6.20. The first-order valence-corrected chi connectivity index (χ1v) is 6.49. The zero-order valence-corrected chi connectivity index (χ0v) is 10.5. The van der Waals surface area contributed by atoms with Crippen LogP contribution < -0.4 is 5.32 Å². The summed E-state index contributed by atoms with van der Waals surface area (Å²) in [6, 6.07) is 0.614. The third-order valence-electron chi connectivity index (χ3n) is 4.14. The molecule has 0 radical (unpaired) electrons. The van der Waals surface area contributed by atoms with Gasteiger partial charge in [-0.2, -0.15) is 0 Å². The maximum Gasteiger partial charge on any atom is 0.0469 e. The van der Waals surface area contributed by atoms with Crippen molar-refractivity contribution in [3.63, 3.8) is 0 Å². The molecule has 1 saturated carbocycles. The van der Waals surface area contributed by atoms with Crippen LogP contribution in [0.15, 0.2) is 0 Å². The fourth-order valence-electron chi connectivity index (χ4n) is 2.48. The van der Waals surface area contributed by atoms with Gasteiger partial charge in [-0.1, -0.05) is 13.8 Å². The normalized spacial score (nSPS) is 36.2. The molecule has 2 fully saturated rings. The molecule has 2 nitrogen and oxygen atoms in total. The summed E-state index contributed by atoms with van der Waals surface area (Å²) in [6.07, 6.45) is 3.55. The lowest BCUT2D eigenvalue weighted by Gasteiger charge is -2.50. The molecule has 15 heavy (non-hydrogen) atoms. The van der Waals surface area contributed by atoms with Gasteiger partial charge in [0.25, 0.3) is 0 Å². The van der Waals surface area contributed by atoms with Crippen molar-refractivity contribution in [2.45, 2.75) is 44.5 Å². The van der Waals surface area contributed by atoms with E-state index in [0.717, 1.165) is 32.1 Å². The van der Waals surface area contributed by atoms with E-state index in [4.69, 9.17) is 16.3 Å². The lowest BCUT2D eigenvalue weighted by Crippen LogP contribution is -2.58. The summed E-state index contributed by atoms with van der Waals surface area (Å²) in [4.78, 5) is 0. The molecule has 2 atom stereocenters. The number of halogens is 1. The van der Waals surface area contributed by atoms with Gasteiger partial charge in [-0.3, -0.25) is 0 Å². The van der Waals surface area contributed by atoms with Crippen molar-refractivity contribution in [2.75, 3.05) is 19.8 Å². The Bertz CT molecular complexity index is 214. The third kappa shape index (κ3) is 2.48. The summed E-state index contributed by atoms with van der Waals surface area (Å²) in [6.45, 7) is 7.55. The molecule has 1 aliphatic heterocycles. The highest BCUT2D eigenvalue weighted by Crippen LogP contribution is 2.44. The predicted molar refractivity (Wildman–Crippen MR) is 63.4 cm³/mol. The Hall–Kier alpha value is 0.210. The van der Waals surface area contributed by atoms with Crippen LogP contribution in [0.4, 0.5) is 0 Å². The number of nitrogens with one attached hydrogen (secondary N) is 1. The summed E-state index contributed by atoms with van der Waals surface area (Å²) in [7, 11) is 0. The molecule has 0 aromatic heterocycles. The first-order valence-electron chi connectivity index (χ1n) is 6.06. The van der Waals surface area contributed by atoms with Crippen LogP contribution in [0.25, 0.3) is 0 Å². The smallest absolute Gasteiger partial charge is 0.0469 e. The van der Waals surface area contributed by atoms with Crippen molar-refractivity contribution in [2.24, 2.45) is 11.3 Å². The van der Waals surface area contributed by atoms with Gasteiger partial charge in [-0.25, -0.2) is 0 Å². The molecule has 0 spiro atoms. The maximum atomic E-state index is 6.20. The fourth-order valence-corrected chi connectivity index (χ4v) is 2.81. The van der Waals surface area contributed by atoms with E-state index in [-0.39, 0.29) is 5.41 Å². The highest BCUT2D eigenvalue weighted by atomic mass is 35.5. The van der Waals surface area contributed by atoms with Crippen LogP contribution in [0.5, 0.6) is 0 Å². The van der Waals surface area contributed by atoms with E-state index < -0.39 is 0 Å². The zero-order chi connectivity index (χ0) is 10.9. The van der Waals surface area contributed by atoms with Crippen molar-refractivity contribution >= 4 is 11.6 Å². The Morgan fingerprint density at radius 3 is 2.53 bits per heavy atom. The van der Waals surface area contributed by atoms with Gasteiger partial charge >= 0.3 is 0 Å². The van der Waals surface area contributed by atoms with Crippen LogP contribution in [-0.2, 0) is 4.74 Å². The van der Waals surface area contributed by atoms with Crippen molar-refractivity contribution in [1.29, 1.82) is 0 Å². The second kappa shape index (κ2) is 4.60. The Morgan fingerprint density at radius 1 is 1.33 bits per heavy atom. The van der Waals surface area contributed by atoms with Gasteiger partial charge in [0.2, 0.25) is 0 Å². The van der Waals surface area contributed by atoms with Gasteiger partial charge in [0, 0.05) is 24.6 Å². The van der Waals surface area contributed by atoms with E-state index in [1.54, 1.807) is 0 Å². The van der Waals surface area contributed by atoms with Gasteiger partial charge < -0.3 is 10.1 Å². The van der Waals surface area contributed by atoms with Gasteiger partial charge in [-0.05, 0) is 37.1 Å². The fraction of sp³-hybridized carbons (Fsp3) is 1.00. The van der Waals surface area contributed by atoms with Gasteiger partial charge in [-0.15, -0.1) is 11.6 Å². The molecule has 0 bridgehead atoms. The number of ether oxygens (including phenoxy) is 1. The minimum atomic E-state index is 0.271. The van der Waals surface area contributed by atoms with Crippen LogP contribution in [0.3, 0.4) is 0 Å². The molecule has 3 heteroatoms. The molecule has 88 valence electrons. The monoisotopic (exact) mass is 231 g/mol. The van der Waals surface area contributed by atoms with Crippen LogP contribution in [-0.4, -0.2) is 31.2 Å². The summed E-state index contributed by atoms with van der Waals surface area (Å²) < 4.78 is 5.36. The molecule has 1 heterocycles. The summed E-state index contributed by atoms with van der Waals surface area (Å²) in [5, 5.41) is 4.02. The molecule has 0 amide bonds. The van der Waals surface area contributed by atoms with Crippen LogP contribution >= 0.6 is 11.6 Å². The Kier molecular flexibility index (Phi) is 3.59. The van der Waals surface area contributed by atoms with E-state index in [1.165, 1.54) is 12.8 Å². The first kappa shape index (κ1) is 11.7. The Balaban J connectivity index is 1.70. The average molecular weight is 232 g/mol. The quantitative estimate of drug-likeness (QED) is 0.754.